The quantitative estimate of drug-likeness (QED) is 0.715. The summed E-state index contributed by atoms with van der Waals surface area (Å²) in [6.45, 7) is 4.56. The first-order valence-corrected chi connectivity index (χ1v) is 6.91. The highest BCUT2D eigenvalue weighted by Gasteiger charge is 2.13. The smallest absolute Gasteiger partial charge is 0.226 e. The van der Waals surface area contributed by atoms with Gasteiger partial charge in [-0.1, -0.05) is 6.92 Å². The van der Waals surface area contributed by atoms with Crippen LogP contribution in [0.2, 0.25) is 0 Å². The molecular weight excluding hydrogens is 256 g/mol. The molecule has 0 amide bonds. The fourth-order valence-corrected chi connectivity index (χ4v) is 1.96. The molecule has 0 spiro atoms. The average Bonchev–Trinajstić information content (AvgIpc) is 2.92. The molecule has 2 aromatic rings. The van der Waals surface area contributed by atoms with Crippen LogP contribution in [-0.2, 0) is 4.74 Å². The maximum absolute atomic E-state index is 5.09. The molecule has 0 aliphatic carbocycles. The lowest BCUT2D eigenvalue weighted by atomic mass is 10.4. The van der Waals surface area contributed by atoms with E-state index in [1.165, 1.54) is 0 Å². The molecule has 0 bridgehead atoms. The lowest BCUT2D eigenvalue weighted by molar-refractivity contribution is 0.196. The molecule has 0 saturated heterocycles. The largest absolute Gasteiger partial charge is 0.385 e. The molecule has 0 fully saturated rings. The van der Waals surface area contributed by atoms with E-state index in [0.29, 0.717) is 11.6 Å². The first-order valence-electron chi connectivity index (χ1n) is 6.91. The summed E-state index contributed by atoms with van der Waals surface area (Å²) in [5.41, 5.74) is 1.55. The third kappa shape index (κ3) is 3.36. The highest BCUT2D eigenvalue weighted by Crippen LogP contribution is 2.21. The summed E-state index contributed by atoms with van der Waals surface area (Å²) in [5.74, 6) is 1.49. The van der Waals surface area contributed by atoms with Gasteiger partial charge in [0.15, 0.2) is 11.5 Å². The Labute approximate surface area is 118 Å². The number of H-pyrrole nitrogens is 1. The van der Waals surface area contributed by atoms with Gasteiger partial charge in [0.05, 0.1) is 6.33 Å². The Morgan fingerprint density at radius 1 is 1.40 bits per heavy atom. The number of nitrogens with one attached hydrogen (secondary N) is 2. The highest BCUT2D eigenvalue weighted by atomic mass is 16.5. The van der Waals surface area contributed by atoms with Gasteiger partial charge in [-0.05, 0) is 12.8 Å². The lowest BCUT2D eigenvalue weighted by Gasteiger charge is -2.19. The normalized spacial score (nSPS) is 10.9. The zero-order chi connectivity index (χ0) is 14.4. The van der Waals surface area contributed by atoms with E-state index in [2.05, 4.69) is 37.1 Å². The number of aromatic nitrogens is 4. The fourth-order valence-electron chi connectivity index (χ4n) is 1.96. The van der Waals surface area contributed by atoms with Gasteiger partial charge in [-0.2, -0.15) is 9.97 Å². The van der Waals surface area contributed by atoms with Crippen molar-refractivity contribution in [3.63, 3.8) is 0 Å². The fraction of sp³-hybridized carbons (Fsp3) is 0.615. The standard InChI is InChI=1S/C13H22N6O/c1-4-6-14-13-17-11-10(15-9-16-11)12(18-13)19(2)7-5-8-20-3/h9H,4-8H2,1-3H3,(H2,14,15,16,17,18). The van der Waals surface area contributed by atoms with Crippen LogP contribution < -0.4 is 10.2 Å². The van der Waals surface area contributed by atoms with E-state index in [1.54, 1.807) is 13.4 Å². The van der Waals surface area contributed by atoms with Gasteiger partial charge in [0.1, 0.15) is 5.52 Å². The van der Waals surface area contributed by atoms with Crippen molar-refractivity contribution in [1.29, 1.82) is 0 Å². The number of rotatable bonds is 8. The molecule has 7 heteroatoms. The molecule has 2 rings (SSSR count). The third-order valence-electron chi connectivity index (χ3n) is 3.00. The second-order valence-corrected chi connectivity index (χ2v) is 4.67. The summed E-state index contributed by atoms with van der Waals surface area (Å²) in [6.07, 6.45) is 3.63. The first kappa shape index (κ1) is 14.5. The predicted molar refractivity (Wildman–Crippen MR) is 80.2 cm³/mol. The SMILES string of the molecule is CCCNc1nc(N(C)CCCOC)c2[nH]cnc2n1. The lowest BCUT2D eigenvalue weighted by Crippen LogP contribution is -2.22. The van der Waals surface area contributed by atoms with E-state index in [-0.39, 0.29) is 0 Å². The molecule has 0 atom stereocenters. The average molecular weight is 278 g/mol. The van der Waals surface area contributed by atoms with E-state index in [0.717, 1.165) is 43.9 Å². The van der Waals surface area contributed by atoms with Crippen molar-refractivity contribution in [2.45, 2.75) is 19.8 Å². The number of anilines is 2. The molecule has 0 unspecified atom stereocenters. The van der Waals surface area contributed by atoms with Crippen molar-refractivity contribution >= 4 is 22.9 Å². The van der Waals surface area contributed by atoms with Gasteiger partial charge in [0, 0.05) is 33.9 Å². The Kier molecular flexibility index (Phi) is 5.11. The maximum atomic E-state index is 5.09. The van der Waals surface area contributed by atoms with Crippen molar-refractivity contribution in [3.8, 4) is 0 Å². The number of aromatic amines is 1. The molecule has 20 heavy (non-hydrogen) atoms. The first-order chi connectivity index (χ1) is 9.76. The van der Waals surface area contributed by atoms with Crippen molar-refractivity contribution in [3.05, 3.63) is 6.33 Å². The van der Waals surface area contributed by atoms with Gasteiger partial charge in [0.25, 0.3) is 0 Å². The van der Waals surface area contributed by atoms with Crippen molar-refractivity contribution < 1.29 is 4.74 Å². The molecular formula is C13H22N6O. The molecule has 2 aromatic heterocycles. The molecule has 0 aliphatic rings. The third-order valence-corrected chi connectivity index (χ3v) is 3.00. The number of hydrogen-bond acceptors (Lipinski definition) is 6. The van der Waals surface area contributed by atoms with E-state index in [9.17, 15) is 0 Å². The Bertz CT molecular complexity index is 541. The summed E-state index contributed by atoms with van der Waals surface area (Å²) >= 11 is 0. The number of hydrogen-bond donors (Lipinski definition) is 2. The maximum Gasteiger partial charge on any atom is 0.226 e. The van der Waals surface area contributed by atoms with Crippen molar-refractivity contribution in [2.75, 3.05) is 44.1 Å². The Balaban J connectivity index is 2.22. The number of methoxy groups -OCH3 is 1. The summed E-state index contributed by atoms with van der Waals surface area (Å²) < 4.78 is 5.09. The monoisotopic (exact) mass is 278 g/mol. The summed E-state index contributed by atoms with van der Waals surface area (Å²) in [4.78, 5) is 18.4. The van der Waals surface area contributed by atoms with E-state index >= 15 is 0 Å². The summed E-state index contributed by atoms with van der Waals surface area (Å²) in [7, 11) is 3.73. The second kappa shape index (κ2) is 7.04. The van der Waals surface area contributed by atoms with E-state index < -0.39 is 0 Å². The van der Waals surface area contributed by atoms with Crippen LogP contribution in [0.3, 0.4) is 0 Å². The topological polar surface area (TPSA) is 79.0 Å². The van der Waals surface area contributed by atoms with Crippen LogP contribution in [0.1, 0.15) is 19.8 Å². The summed E-state index contributed by atoms with van der Waals surface area (Å²) in [5, 5.41) is 3.21. The molecule has 0 aromatic carbocycles. The van der Waals surface area contributed by atoms with Crippen LogP contribution in [0.15, 0.2) is 6.33 Å². The Hall–Kier alpha value is -1.89. The van der Waals surface area contributed by atoms with Crippen LogP contribution in [0.4, 0.5) is 11.8 Å². The minimum Gasteiger partial charge on any atom is -0.385 e. The van der Waals surface area contributed by atoms with Crippen LogP contribution >= 0.6 is 0 Å². The van der Waals surface area contributed by atoms with Gasteiger partial charge in [0.2, 0.25) is 5.95 Å². The summed E-state index contributed by atoms with van der Waals surface area (Å²) in [6, 6.07) is 0. The Morgan fingerprint density at radius 3 is 3.00 bits per heavy atom. The molecule has 2 N–H and O–H groups in total. The number of fused-ring (bicyclic) bond motifs is 1. The van der Waals surface area contributed by atoms with Gasteiger partial charge in [-0.25, -0.2) is 4.98 Å². The highest BCUT2D eigenvalue weighted by molar-refractivity contribution is 5.84. The second-order valence-electron chi connectivity index (χ2n) is 4.67. The minimum absolute atomic E-state index is 0.625. The molecule has 110 valence electrons. The molecule has 2 heterocycles. The van der Waals surface area contributed by atoms with Crippen LogP contribution in [-0.4, -0.2) is 53.8 Å². The van der Waals surface area contributed by atoms with Gasteiger partial charge in [-0.3, -0.25) is 0 Å². The predicted octanol–water partition coefficient (Wildman–Crippen LogP) is 1.65. The van der Waals surface area contributed by atoms with Gasteiger partial charge in [-0.15, -0.1) is 0 Å². The zero-order valence-electron chi connectivity index (χ0n) is 12.3. The molecule has 7 nitrogen and oxygen atoms in total. The van der Waals surface area contributed by atoms with E-state index in [4.69, 9.17) is 4.74 Å². The zero-order valence-corrected chi connectivity index (χ0v) is 12.3. The van der Waals surface area contributed by atoms with Crippen LogP contribution in [0.5, 0.6) is 0 Å². The molecule has 0 saturated carbocycles. The van der Waals surface area contributed by atoms with Crippen molar-refractivity contribution in [2.24, 2.45) is 0 Å². The Morgan fingerprint density at radius 2 is 2.25 bits per heavy atom. The number of nitrogens with zero attached hydrogens (tertiary/aromatic N) is 4. The number of ether oxygens (including phenoxy) is 1. The van der Waals surface area contributed by atoms with Crippen molar-refractivity contribution in [1.82, 2.24) is 19.9 Å². The van der Waals surface area contributed by atoms with Crippen LogP contribution in [0, 0.1) is 0 Å². The number of imidazole rings is 1. The van der Waals surface area contributed by atoms with E-state index in [1.807, 2.05) is 7.05 Å². The van der Waals surface area contributed by atoms with Gasteiger partial charge >= 0.3 is 0 Å². The molecule has 0 aliphatic heterocycles. The van der Waals surface area contributed by atoms with Gasteiger partial charge < -0.3 is 19.9 Å². The minimum atomic E-state index is 0.625. The molecule has 0 radical (unpaired) electrons. The van der Waals surface area contributed by atoms with Crippen LogP contribution in [0.25, 0.3) is 11.2 Å².